The minimum atomic E-state index is -0.816. The molecule has 1 aliphatic carbocycles. The van der Waals surface area contributed by atoms with Crippen LogP contribution in [-0.2, 0) is 9.53 Å². The second-order valence-electron chi connectivity index (χ2n) is 5.06. The fourth-order valence-electron chi connectivity index (χ4n) is 1.78. The molecule has 1 aliphatic rings. The highest BCUT2D eigenvalue weighted by Crippen LogP contribution is 2.26. The number of nitrogens with two attached hydrogens (primary N) is 1. The molecule has 0 aromatic carbocycles. The van der Waals surface area contributed by atoms with Crippen molar-refractivity contribution in [3.8, 4) is 0 Å². The summed E-state index contributed by atoms with van der Waals surface area (Å²) in [6, 6.07) is 0. The van der Waals surface area contributed by atoms with Gasteiger partial charge in [0.1, 0.15) is 11.6 Å². The molecule has 0 aromatic rings. The molecule has 1 atom stereocenters. The zero-order valence-electron chi connectivity index (χ0n) is 10.1. The third kappa shape index (κ3) is 3.49. The zero-order chi connectivity index (χ0) is 11.5. The Hall–Kier alpha value is -0.570. The number of rotatable bonds is 3. The largest absolute Gasteiger partial charge is 0.461 e. The highest BCUT2D eigenvalue weighted by atomic mass is 16.5. The zero-order valence-corrected chi connectivity index (χ0v) is 10.1. The van der Waals surface area contributed by atoms with Gasteiger partial charge in [0.2, 0.25) is 0 Å². The van der Waals surface area contributed by atoms with Gasteiger partial charge in [0.25, 0.3) is 0 Å². The molecule has 88 valence electrons. The lowest BCUT2D eigenvalue weighted by molar-refractivity contribution is -0.157. The fourth-order valence-corrected chi connectivity index (χ4v) is 1.78. The van der Waals surface area contributed by atoms with Crippen molar-refractivity contribution in [3.05, 3.63) is 0 Å². The molecule has 0 bridgehead atoms. The van der Waals surface area contributed by atoms with E-state index in [0.717, 1.165) is 31.6 Å². The van der Waals surface area contributed by atoms with Gasteiger partial charge in [0, 0.05) is 0 Å². The van der Waals surface area contributed by atoms with Crippen LogP contribution in [-0.4, -0.2) is 17.6 Å². The lowest BCUT2D eigenvalue weighted by atomic mass is 9.89. The quantitative estimate of drug-likeness (QED) is 0.731. The second kappa shape index (κ2) is 4.97. The maximum Gasteiger partial charge on any atom is 0.326 e. The van der Waals surface area contributed by atoms with Gasteiger partial charge in [0.05, 0.1) is 0 Å². The van der Waals surface area contributed by atoms with Crippen molar-refractivity contribution in [3.63, 3.8) is 0 Å². The van der Waals surface area contributed by atoms with E-state index in [1.807, 2.05) is 6.92 Å². The first-order valence-corrected chi connectivity index (χ1v) is 5.95. The number of ether oxygens (including phenoxy) is 1. The Morgan fingerprint density at radius 3 is 2.40 bits per heavy atom. The van der Waals surface area contributed by atoms with E-state index in [1.165, 1.54) is 0 Å². The molecule has 3 nitrogen and oxygen atoms in total. The number of hydrogen-bond donors (Lipinski definition) is 1. The van der Waals surface area contributed by atoms with Crippen molar-refractivity contribution in [2.75, 3.05) is 0 Å². The van der Waals surface area contributed by atoms with Crippen LogP contribution < -0.4 is 5.73 Å². The van der Waals surface area contributed by atoms with Crippen LogP contribution in [0.15, 0.2) is 0 Å². The van der Waals surface area contributed by atoms with Crippen molar-refractivity contribution in [1.82, 2.24) is 0 Å². The molecule has 15 heavy (non-hydrogen) atoms. The van der Waals surface area contributed by atoms with Crippen molar-refractivity contribution < 1.29 is 9.53 Å². The minimum Gasteiger partial charge on any atom is -0.461 e. The summed E-state index contributed by atoms with van der Waals surface area (Å²) in [6.45, 7) is 5.89. The number of carbonyl (C=O) groups is 1. The maximum absolute atomic E-state index is 11.7. The second-order valence-corrected chi connectivity index (χ2v) is 5.06. The molecule has 1 fully saturated rings. The predicted molar refractivity (Wildman–Crippen MR) is 60.4 cm³/mol. The van der Waals surface area contributed by atoms with Gasteiger partial charge in [-0.05, 0) is 44.9 Å². The molecular formula is C12H23NO2. The van der Waals surface area contributed by atoms with Crippen molar-refractivity contribution in [2.45, 2.75) is 64.5 Å². The van der Waals surface area contributed by atoms with Crippen molar-refractivity contribution in [1.29, 1.82) is 0 Å². The highest BCUT2D eigenvalue weighted by Gasteiger charge is 2.31. The third-order valence-electron chi connectivity index (χ3n) is 3.44. The van der Waals surface area contributed by atoms with E-state index < -0.39 is 5.54 Å². The molecule has 1 rings (SSSR count). The first kappa shape index (κ1) is 12.5. The van der Waals surface area contributed by atoms with Gasteiger partial charge in [-0.25, -0.2) is 0 Å². The molecule has 0 aliphatic heterocycles. The van der Waals surface area contributed by atoms with E-state index in [4.69, 9.17) is 10.5 Å². The average Bonchev–Trinajstić information content (AvgIpc) is 2.21. The Balaban J connectivity index is 2.39. The molecular weight excluding hydrogens is 190 g/mol. The summed E-state index contributed by atoms with van der Waals surface area (Å²) in [5.74, 6) is 0.528. The van der Waals surface area contributed by atoms with E-state index in [9.17, 15) is 4.79 Å². The Kier molecular flexibility index (Phi) is 4.14. The summed E-state index contributed by atoms with van der Waals surface area (Å²) in [5.41, 5.74) is 5.01. The Morgan fingerprint density at radius 1 is 1.40 bits per heavy atom. The van der Waals surface area contributed by atoms with Gasteiger partial charge in [-0.1, -0.05) is 13.8 Å². The molecule has 1 saturated carbocycles. The third-order valence-corrected chi connectivity index (χ3v) is 3.44. The van der Waals surface area contributed by atoms with E-state index in [0.29, 0.717) is 6.42 Å². The Labute approximate surface area is 92.4 Å². The van der Waals surface area contributed by atoms with E-state index in [2.05, 4.69) is 6.92 Å². The van der Waals surface area contributed by atoms with Crippen LogP contribution in [0.3, 0.4) is 0 Å². The van der Waals surface area contributed by atoms with Gasteiger partial charge < -0.3 is 10.5 Å². The van der Waals surface area contributed by atoms with Crippen molar-refractivity contribution >= 4 is 5.97 Å². The Bertz CT molecular complexity index is 218. The molecule has 0 radical (unpaired) electrons. The molecule has 1 unspecified atom stereocenters. The molecule has 0 amide bonds. The Morgan fingerprint density at radius 2 is 1.93 bits per heavy atom. The monoisotopic (exact) mass is 213 g/mol. The van der Waals surface area contributed by atoms with Crippen LogP contribution in [0.5, 0.6) is 0 Å². The first-order chi connectivity index (χ1) is 6.95. The highest BCUT2D eigenvalue weighted by molar-refractivity contribution is 5.80. The van der Waals surface area contributed by atoms with Gasteiger partial charge in [0.15, 0.2) is 0 Å². The van der Waals surface area contributed by atoms with Crippen LogP contribution in [0, 0.1) is 5.92 Å². The van der Waals surface area contributed by atoms with Crippen molar-refractivity contribution in [2.24, 2.45) is 11.7 Å². The van der Waals surface area contributed by atoms with Crippen LogP contribution in [0.2, 0.25) is 0 Å². The fraction of sp³-hybridized carbons (Fsp3) is 0.917. The van der Waals surface area contributed by atoms with Gasteiger partial charge in [-0.3, -0.25) is 4.79 Å². The minimum absolute atomic E-state index is 0.100. The molecule has 0 saturated heterocycles. The van der Waals surface area contributed by atoms with Crippen LogP contribution >= 0.6 is 0 Å². The summed E-state index contributed by atoms with van der Waals surface area (Å²) in [6.07, 6.45) is 5.02. The van der Waals surface area contributed by atoms with Gasteiger partial charge in [-0.2, -0.15) is 0 Å². The summed E-state index contributed by atoms with van der Waals surface area (Å²) >= 11 is 0. The average molecular weight is 213 g/mol. The van der Waals surface area contributed by atoms with E-state index >= 15 is 0 Å². The smallest absolute Gasteiger partial charge is 0.326 e. The standard InChI is InChI=1S/C12H23NO2/c1-4-12(3,13)11(14)15-10-7-5-9(2)6-8-10/h9-10H,4-8,13H2,1-3H3. The molecule has 2 N–H and O–H groups in total. The van der Waals surface area contributed by atoms with Crippen LogP contribution in [0.4, 0.5) is 0 Å². The summed E-state index contributed by atoms with van der Waals surface area (Å²) < 4.78 is 5.43. The molecule has 0 spiro atoms. The number of esters is 1. The lowest BCUT2D eigenvalue weighted by Gasteiger charge is -2.29. The summed E-state index contributed by atoms with van der Waals surface area (Å²) in [5, 5.41) is 0. The van der Waals surface area contributed by atoms with Crippen LogP contribution in [0.25, 0.3) is 0 Å². The first-order valence-electron chi connectivity index (χ1n) is 5.95. The molecule has 0 heterocycles. The summed E-state index contributed by atoms with van der Waals surface area (Å²) in [7, 11) is 0. The van der Waals surface area contributed by atoms with E-state index in [1.54, 1.807) is 6.92 Å². The maximum atomic E-state index is 11.7. The summed E-state index contributed by atoms with van der Waals surface area (Å²) in [4.78, 5) is 11.7. The van der Waals surface area contributed by atoms with Gasteiger partial charge >= 0.3 is 5.97 Å². The number of hydrogen-bond acceptors (Lipinski definition) is 3. The van der Waals surface area contributed by atoms with E-state index in [-0.39, 0.29) is 12.1 Å². The normalized spacial score (nSPS) is 30.7. The van der Waals surface area contributed by atoms with Crippen LogP contribution in [0.1, 0.15) is 52.9 Å². The molecule has 3 heteroatoms. The topological polar surface area (TPSA) is 52.3 Å². The predicted octanol–water partition coefficient (Wildman–Crippen LogP) is 2.24. The lowest BCUT2D eigenvalue weighted by Crippen LogP contribution is -2.47. The molecule has 0 aromatic heterocycles. The van der Waals surface area contributed by atoms with Gasteiger partial charge in [-0.15, -0.1) is 0 Å². The SMILES string of the molecule is CCC(C)(N)C(=O)OC1CCC(C)CC1. The number of carbonyl (C=O) groups excluding carboxylic acids is 1.